The van der Waals surface area contributed by atoms with Crippen LogP contribution in [-0.2, 0) is 11.3 Å². The number of piperidine rings is 1. The van der Waals surface area contributed by atoms with Gasteiger partial charge in [0.15, 0.2) is 0 Å². The van der Waals surface area contributed by atoms with Gasteiger partial charge < -0.3 is 15.0 Å². The highest BCUT2D eigenvalue weighted by atomic mass is 79.9. The highest BCUT2D eigenvalue weighted by Gasteiger charge is 2.21. The number of nitrogens with zero attached hydrogens (tertiary/aromatic N) is 1. The third-order valence-electron chi connectivity index (χ3n) is 4.05. The fourth-order valence-corrected chi connectivity index (χ4v) is 3.39. The molecule has 0 amide bonds. The van der Waals surface area contributed by atoms with E-state index in [9.17, 15) is 0 Å². The monoisotopic (exact) mass is 354 g/mol. The van der Waals surface area contributed by atoms with Gasteiger partial charge in [-0.15, -0.1) is 0 Å². The van der Waals surface area contributed by atoms with Gasteiger partial charge in [-0.25, -0.2) is 0 Å². The van der Waals surface area contributed by atoms with E-state index in [1.54, 1.807) is 7.11 Å². The molecule has 1 N–H and O–H groups in total. The zero-order valence-electron chi connectivity index (χ0n) is 13.2. The molecule has 3 nitrogen and oxygen atoms in total. The summed E-state index contributed by atoms with van der Waals surface area (Å²) in [5.74, 6) is 0.652. The number of hydrogen-bond donors (Lipinski definition) is 1. The zero-order chi connectivity index (χ0) is 15.1. The third kappa shape index (κ3) is 4.97. The summed E-state index contributed by atoms with van der Waals surface area (Å²) in [4.78, 5) is 2.53. The molecule has 1 saturated heterocycles. The van der Waals surface area contributed by atoms with Crippen molar-refractivity contribution in [3.63, 3.8) is 0 Å². The molecular weight excluding hydrogens is 328 g/mol. The quantitative estimate of drug-likeness (QED) is 0.753. The van der Waals surface area contributed by atoms with Crippen LogP contribution in [0.15, 0.2) is 22.7 Å². The minimum absolute atomic E-state index is 0.652. The standard InChI is InChI=1S/C17H27BrN2O/c1-3-8-19-11-15-6-7-16(18)10-17(15)20-9-4-5-14(12-20)13-21-2/h6-7,10,14,19H,3-5,8-9,11-13H2,1-2H3. The Morgan fingerprint density at radius 3 is 3.05 bits per heavy atom. The van der Waals surface area contributed by atoms with Crippen molar-refractivity contribution in [2.45, 2.75) is 32.7 Å². The number of halogens is 1. The number of anilines is 1. The summed E-state index contributed by atoms with van der Waals surface area (Å²) >= 11 is 3.62. The molecule has 1 fully saturated rings. The maximum atomic E-state index is 5.35. The van der Waals surface area contributed by atoms with Gasteiger partial charge in [0.05, 0.1) is 6.61 Å². The molecule has 0 saturated carbocycles. The van der Waals surface area contributed by atoms with Gasteiger partial charge in [0.25, 0.3) is 0 Å². The van der Waals surface area contributed by atoms with E-state index in [4.69, 9.17) is 4.74 Å². The second-order valence-electron chi connectivity index (χ2n) is 5.86. The molecule has 21 heavy (non-hydrogen) atoms. The lowest BCUT2D eigenvalue weighted by Gasteiger charge is -2.35. The Balaban J connectivity index is 2.10. The van der Waals surface area contributed by atoms with E-state index in [1.807, 2.05) is 0 Å². The van der Waals surface area contributed by atoms with Crippen LogP contribution in [0.5, 0.6) is 0 Å². The molecule has 118 valence electrons. The first-order chi connectivity index (χ1) is 10.2. The van der Waals surface area contributed by atoms with Gasteiger partial charge in [0.2, 0.25) is 0 Å². The SMILES string of the molecule is CCCNCc1ccc(Br)cc1N1CCCC(COC)C1. The van der Waals surface area contributed by atoms with Gasteiger partial charge >= 0.3 is 0 Å². The number of rotatable bonds is 7. The van der Waals surface area contributed by atoms with Gasteiger partial charge in [0, 0.05) is 36.9 Å². The molecule has 0 radical (unpaired) electrons. The Bertz CT molecular complexity index is 437. The molecule has 1 aromatic carbocycles. The average Bonchev–Trinajstić information content (AvgIpc) is 2.49. The van der Waals surface area contributed by atoms with Crippen molar-refractivity contribution >= 4 is 21.6 Å². The van der Waals surface area contributed by atoms with E-state index in [0.717, 1.165) is 37.3 Å². The maximum Gasteiger partial charge on any atom is 0.0507 e. The van der Waals surface area contributed by atoms with E-state index >= 15 is 0 Å². The predicted octanol–water partition coefficient (Wildman–Crippen LogP) is 3.81. The second-order valence-corrected chi connectivity index (χ2v) is 6.78. The first-order valence-corrected chi connectivity index (χ1v) is 8.77. The first-order valence-electron chi connectivity index (χ1n) is 7.97. The fraction of sp³-hybridized carbons (Fsp3) is 0.647. The minimum atomic E-state index is 0.652. The van der Waals surface area contributed by atoms with Gasteiger partial charge in [-0.1, -0.05) is 28.9 Å². The third-order valence-corrected chi connectivity index (χ3v) is 4.54. The lowest BCUT2D eigenvalue weighted by atomic mass is 9.97. The van der Waals surface area contributed by atoms with Crippen LogP contribution < -0.4 is 10.2 Å². The lowest BCUT2D eigenvalue weighted by Crippen LogP contribution is -2.37. The van der Waals surface area contributed by atoms with Crippen LogP contribution >= 0.6 is 15.9 Å². The highest BCUT2D eigenvalue weighted by Crippen LogP contribution is 2.29. The molecule has 1 aromatic rings. The van der Waals surface area contributed by atoms with E-state index in [1.165, 1.54) is 30.5 Å². The van der Waals surface area contributed by atoms with Crippen molar-refractivity contribution in [3.8, 4) is 0 Å². The van der Waals surface area contributed by atoms with E-state index in [0.29, 0.717) is 5.92 Å². The molecule has 1 unspecified atom stereocenters. The molecule has 0 aromatic heterocycles. The molecule has 2 rings (SSSR count). The molecule has 1 aliphatic heterocycles. The molecule has 0 spiro atoms. The van der Waals surface area contributed by atoms with Crippen LogP contribution in [0.2, 0.25) is 0 Å². The Morgan fingerprint density at radius 1 is 1.43 bits per heavy atom. The Morgan fingerprint density at radius 2 is 2.29 bits per heavy atom. The summed E-state index contributed by atoms with van der Waals surface area (Å²) in [6.07, 6.45) is 3.70. The van der Waals surface area contributed by atoms with Crippen molar-refractivity contribution in [2.75, 3.05) is 38.3 Å². The summed E-state index contributed by atoms with van der Waals surface area (Å²) in [5, 5.41) is 3.52. The molecule has 4 heteroatoms. The van der Waals surface area contributed by atoms with Crippen LogP contribution in [0.4, 0.5) is 5.69 Å². The summed E-state index contributed by atoms with van der Waals surface area (Å²) < 4.78 is 6.51. The predicted molar refractivity (Wildman–Crippen MR) is 93.0 cm³/mol. The fourth-order valence-electron chi connectivity index (χ4n) is 3.04. The van der Waals surface area contributed by atoms with Gasteiger partial charge in [-0.2, -0.15) is 0 Å². The number of hydrogen-bond acceptors (Lipinski definition) is 3. The van der Waals surface area contributed by atoms with Crippen LogP contribution in [-0.4, -0.2) is 33.4 Å². The van der Waals surface area contributed by atoms with Gasteiger partial charge in [-0.3, -0.25) is 0 Å². The normalized spacial score (nSPS) is 19.0. The van der Waals surface area contributed by atoms with Crippen molar-refractivity contribution in [1.29, 1.82) is 0 Å². The highest BCUT2D eigenvalue weighted by molar-refractivity contribution is 9.10. The molecule has 0 aliphatic carbocycles. The Kier molecular flexibility index (Phi) is 7.00. The minimum Gasteiger partial charge on any atom is -0.384 e. The topological polar surface area (TPSA) is 24.5 Å². The largest absolute Gasteiger partial charge is 0.384 e. The first kappa shape index (κ1) is 16.8. The Labute approximate surface area is 137 Å². The molecule has 1 aliphatic rings. The molecular formula is C17H27BrN2O. The van der Waals surface area contributed by atoms with Crippen molar-refractivity contribution in [3.05, 3.63) is 28.2 Å². The smallest absolute Gasteiger partial charge is 0.0507 e. The second kappa shape index (κ2) is 8.76. The molecule has 0 bridgehead atoms. The summed E-state index contributed by atoms with van der Waals surface area (Å²) in [6, 6.07) is 6.64. The maximum absolute atomic E-state index is 5.35. The summed E-state index contributed by atoms with van der Waals surface area (Å²) in [7, 11) is 1.80. The number of ether oxygens (including phenoxy) is 1. The molecule has 1 atom stereocenters. The average molecular weight is 355 g/mol. The summed E-state index contributed by atoms with van der Waals surface area (Å²) in [5.41, 5.74) is 2.76. The summed E-state index contributed by atoms with van der Waals surface area (Å²) in [6.45, 7) is 7.34. The zero-order valence-corrected chi connectivity index (χ0v) is 14.8. The van der Waals surface area contributed by atoms with Crippen LogP contribution in [0, 0.1) is 5.92 Å². The van der Waals surface area contributed by atoms with E-state index in [2.05, 4.69) is 51.3 Å². The van der Waals surface area contributed by atoms with Crippen molar-refractivity contribution in [2.24, 2.45) is 5.92 Å². The van der Waals surface area contributed by atoms with Crippen LogP contribution in [0.3, 0.4) is 0 Å². The number of benzene rings is 1. The van der Waals surface area contributed by atoms with Crippen molar-refractivity contribution < 1.29 is 4.74 Å². The number of methoxy groups -OCH3 is 1. The van der Waals surface area contributed by atoms with Gasteiger partial charge in [-0.05, 0) is 49.4 Å². The van der Waals surface area contributed by atoms with Gasteiger partial charge in [0.1, 0.15) is 0 Å². The lowest BCUT2D eigenvalue weighted by molar-refractivity contribution is 0.143. The number of nitrogens with one attached hydrogen (secondary N) is 1. The van der Waals surface area contributed by atoms with Crippen LogP contribution in [0.1, 0.15) is 31.7 Å². The van der Waals surface area contributed by atoms with E-state index in [-0.39, 0.29) is 0 Å². The van der Waals surface area contributed by atoms with Crippen molar-refractivity contribution in [1.82, 2.24) is 5.32 Å². The van der Waals surface area contributed by atoms with E-state index < -0.39 is 0 Å². The molecule has 1 heterocycles. The Hall–Kier alpha value is -0.580. The van der Waals surface area contributed by atoms with Crippen LogP contribution in [0.25, 0.3) is 0 Å².